The highest BCUT2D eigenvalue weighted by Gasteiger charge is 2.19. The minimum absolute atomic E-state index is 0.334. The molecule has 1 aromatic carbocycles. The smallest absolute Gasteiger partial charge is 0.115 e. The zero-order chi connectivity index (χ0) is 19.5. The van der Waals surface area contributed by atoms with Gasteiger partial charge in [-0.2, -0.15) is 0 Å². The fourth-order valence-electron chi connectivity index (χ4n) is 4.18. The highest BCUT2D eigenvalue weighted by Crippen LogP contribution is 2.27. The molecule has 1 fully saturated rings. The lowest BCUT2D eigenvalue weighted by molar-refractivity contribution is 0.268. The molecule has 0 saturated heterocycles. The summed E-state index contributed by atoms with van der Waals surface area (Å²) in [5.74, 6) is 2.13. The Labute approximate surface area is 166 Å². The number of aromatic hydroxyl groups is 1. The van der Waals surface area contributed by atoms with Crippen LogP contribution in [0.4, 0.5) is 0 Å². The van der Waals surface area contributed by atoms with Crippen LogP contribution in [0.1, 0.15) is 57.9 Å². The monoisotopic (exact) mass is 375 g/mol. The fraction of sp³-hybridized carbons (Fsp3) is 0.739. The minimum Gasteiger partial charge on any atom is -0.508 e. The zero-order valence-electron chi connectivity index (χ0n) is 17.6. The Hall–Kier alpha value is -1.10. The maximum absolute atomic E-state index is 9.47. The molecule has 2 atom stereocenters. The van der Waals surface area contributed by atoms with Gasteiger partial charge in [-0.15, -0.1) is 0 Å². The van der Waals surface area contributed by atoms with Crippen LogP contribution in [0.2, 0.25) is 0 Å². The number of phenols is 1. The van der Waals surface area contributed by atoms with E-state index in [0.717, 1.165) is 31.3 Å². The maximum Gasteiger partial charge on any atom is 0.115 e. The van der Waals surface area contributed by atoms with Crippen molar-refractivity contribution < 1.29 is 5.11 Å². The molecule has 2 rings (SSSR count). The van der Waals surface area contributed by atoms with Gasteiger partial charge in [0.05, 0.1) is 0 Å². The van der Waals surface area contributed by atoms with Crippen LogP contribution in [0.15, 0.2) is 24.3 Å². The van der Waals surface area contributed by atoms with Crippen molar-refractivity contribution in [2.24, 2.45) is 11.8 Å². The van der Waals surface area contributed by atoms with E-state index in [4.69, 9.17) is 0 Å². The van der Waals surface area contributed by atoms with Crippen molar-refractivity contribution in [3.63, 3.8) is 0 Å². The van der Waals surface area contributed by atoms with E-state index >= 15 is 0 Å². The molecule has 1 aromatic rings. The van der Waals surface area contributed by atoms with Crippen molar-refractivity contribution in [1.29, 1.82) is 0 Å². The molecule has 4 heteroatoms. The van der Waals surface area contributed by atoms with E-state index in [9.17, 15) is 5.11 Å². The standard InChI is InChI=1S/C23H41N3O/c1-4-5-21(25-15-20-8-6-18(2)7-9-20)17-26-22(16-24-3)14-19-10-12-23(27)13-11-19/h10-13,18,20-22,24-27H,4-9,14-17H2,1-3H3/t18?,20?,21-,22+/m1/s1. The summed E-state index contributed by atoms with van der Waals surface area (Å²) in [6.07, 6.45) is 9.00. The lowest BCUT2D eigenvalue weighted by Gasteiger charge is -2.29. The Kier molecular flexibility index (Phi) is 10.2. The summed E-state index contributed by atoms with van der Waals surface area (Å²) in [7, 11) is 2.01. The highest BCUT2D eigenvalue weighted by atomic mass is 16.3. The summed E-state index contributed by atoms with van der Waals surface area (Å²) in [5.41, 5.74) is 1.26. The molecule has 0 heterocycles. The average Bonchev–Trinajstić information content (AvgIpc) is 2.67. The molecule has 27 heavy (non-hydrogen) atoms. The van der Waals surface area contributed by atoms with Gasteiger partial charge >= 0.3 is 0 Å². The van der Waals surface area contributed by atoms with Gasteiger partial charge in [0, 0.05) is 25.2 Å². The molecule has 0 spiro atoms. The topological polar surface area (TPSA) is 56.3 Å². The second-order valence-electron chi connectivity index (χ2n) is 8.55. The predicted molar refractivity (Wildman–Crippen MR) is 115 cm³/mol. The van der Waals surface area contributed by atoms with Crippen LogP contribution < -0.4 is 16.0 Å². The van der Waals surface area contributed by atoms with E-state index in [1.807, 2.05) is 19.2 Å². The first kappa shape index (κ1) is 22.2. The van der Waals surface area contributed by atoms with Crippen molar-refractivity contribution in [3.8, 4) is 5.75 Å². The Morgan fingerprint density at radius 2 is 1.70 bits per heavy atom. The van der Waals surface area contributed by atoms with Gasteiger partial charge in [-0.1, -0.05) is 45.2 Å². The first-order chi connectivity index (χ1) is 13.1. The maximum atomic E-state index is 9.47. The number of rotatable bonds is 12. The molecule has 0 aliphatic heterocycles. The predicted octanol–water partition coefficient (Wildman–Crippen LogP) is 3.70. The second-order valence-corrected chi connectivity index (χ2v) is 8.55. The first-order valence-electron chi connectivity index (χ1n) is 11.0. The van der Waals surface area contributed by atoms with E-state index < -0.39 is 0 Å². The van der Waals surface area contributed by atoms with Gasteiger partial charge in [0.25, 0.3) is 0 Å². The Bertz CT molecular complexity index is 497. The van der Waals surface area contributed by atoms with Crippen LogP contribution in [0.5, 0.6) is 5.75 Å². The summed E-state index contributed by atoms with van der Waals surface area (Å²) < 4.78 is 0. The number of nitrogens with one attached hydrogen (secondary N) is 3. The molecular formula is C23H41N3O. The van der Waals surface area contributed by atoms with E-state index in [1.165, 1.54) is 50.6 Å². The first-order valence-corrected chi connectivity index (χ1v) is 11.0. The summed E-state index contributed by atoms with van der Waals surface area (Å²) in [6.45, 7) is 7.80. The summed E-state index contributed by atoms with van der Waals surface area (Å²) in [5, 5.41) is 20.4. The molecule has 0 bridgehead atoms. The molecule has 4 N–H and O–H groups in total. The van der Waals surface area contributed by atoms with Crippen LogP contribution in [0, 0.1) is 11.8 Å². The minimum atomic E-state index is 0.334. The van der Waals surface area contributed by atoms with Gasteiger partial charge in [0.15, 0.2) is 0 Å². The third-order valence-electron chi connectivity index (χ3n) is 5.99. The lowest BCUT2D eigenvalue weighted by atomic mass is 9.83. The summed E-state index contributed by atoms with van der Waals surface area (Å²) >= 11 is 0. The number of benzene rings is 1. The van der Waals surface area contributed by atoms with Crippen LogP contribution in [-0.2, 0) is 6.42 Å². The third kappa shape index (κ3) is 8.63. The molecule has 0 radical (unpaired) electrons. The number of hydrogen-bond acceptors (Lipinski definition) is 4. The van der Waals surface area contributed by atoms with Crippen LogP contribution >= 0.6 is 0 Å². The van der Waals surface area contributed by atoms with Gasteiger partial charge in [-0.05, 0) is 68.8 Å². The molecule has 0 unspecified atom stereocenters. The summed E-state index contributed by atoms with van der Waals surface area (Å²) in [4.78, 5) is 0. The van der Waals surface area contributed by atoms with E-state index in [-0.39, 0.29) is 0 Å². The van der Waals surface area contributed by atoms with Gasteiger partial charge in [-0.3, -0.25) is 0 Å². The normalized spacial score (nSPS) is 22.5. The van der Waals surface area contributed by atoms with E-state index in [1.54, 1.807) is 12.1 Å². The van der Waals surface area contributed by atoms with Gasteiger partial charge in [0.1, 0.15) is 5.75 Å². The van der Waals surface area contributed by atoms with Crippen LogP contribution in [0.3, 0.4) is 0 Å². The van der Waals surface area contributed by atoms with Crippen molar-refractivity contribution >= 4 is 0 Å². The molecule has 1 aliphatic carbocycles. The van der Waals surface area contributed by atoms with Crippen LogP contribution in [0.25, 0.3) is 0 Å². The summed E-state index contributed by atoms with van der Waals surface area (Å²) in [6, 6.07) is 8.54. The third-order valence-corrected chi connectivity index (χ3v) is 5.99. The number of phenolic OH excluding ortho intramolecular Hbond substituents is 1. The Morgan fingerprint density at radius 1 is 1.00 bits per heavy atom. The zero-order valence-corrected chi connectivity index (χ0v) is 17.6. The van der Waals surface area contributed by atoms with Crippen molar-refractivity contribution in [3.05, 3.63) is 29.8 Å². The van der Waals surface area contributed by atoms with E-state index in [2.05, 4.69) is 29.8 Å². The average molecular weight is 376 g/mol. The van der Waals surface area contributed by atoms with Gasteiger partial charge in [-0.25, -0.2) is 0 Å². The molecule has 154 valence electrons. The SMILES string of the molecule is CCC[C@H](CN[C@H](CNC)Cc1ccc(O)cc1)NCC1CCC(C)CC1. The second kappa shape index (κ2) is 12.4. The Balaban J connectivity index is 1.78. The van der Waals surface area contributed by atoms with Crippen LogP contribution in [-0.4, -0.2) is 43.9 Å². The number of likely N-dealkylation sites (N-methyl/N-ethyl adjacent to an activating group) is 1. The highest BCUT2D eigenvalue weighted by molar-refractivity contribution is 5.26. The van der Waals surface area contributed by atoms with Gasteiger partial charge in [0.2, 0.25) is 0 Å². The van der Waals surface area contributed by atoms with Crippen molar-refractivity contribution in [1.82, 2.24) is 16.0 Å². The fourth-order valence-corrected chi connectivity index (χ4v) is 4.18. The lowest BCUT2D eigenvalue weighted by Crippen LogP contribution is -2.47. The van der Waals surface area contributed by atoms with Crippen molar-refractivity contribution in [2.75, 3.05) is 26.7 Å². The molecule has 0 aromatic heterocycles. The van der Waals surface area contributed by atoms with Crippen molar-refractivity contribution in [2.45, 2.75) is 70.9 Å². The molecule has 1 aliphatic rings. The molecule has 1 saturated carbocycles. The molecule has 4 nitrogen and oxygen atoms in total. The number of hydrogen-bond donors (Lipinski definition) is 4. The molecular weight excluding hydrogens is 334 g/mol. The largest absolute Gasteiger partial charge is 0.508 e. The quantitative estimate of drug-likeness (QED) is 0.450. The van der Waals surface area contributed by atoms with E-state index in [0.29, 0.717) is 17.8 Å². The van der Waals surface area contributed by atoms with Gasteiger partial charge < -0.3 is 21.1 Å². The Morgan fingerprint density at radius 3 is 2.33 bits per heavy atom. The molecule has 0 amide bonds.